The highest BCUT2D eigenvalue weighted by molar-refractivity contribution is 7.87. The Kier molecular flexibility index (Phi) is 4.92. The Hall–Kier alpha value is -0.910. The van der Waals surface area contributed by atoms with Gasteiger partial charge in [-0.3, -0.25) is 0 Å². The van der Waals surface area contributed by atoms with Crippen molar-refractivity contribution in [3.8, 4) is 11.8 Å². The molecule has 1 aromatic rings. The summed E-state index contributed by atoms with van der Waals surface area (Å²) >= 11 is 1.38. The maximum absolute atomic E-state index is 11.1. The average molecular weight is 260 g/mol. The van der Waals surface area contributed by atoms with Crippen molar-refractivity contribution < 1.29 is 13.5 Å². The maximum Gasteiger partial charge on any atom is 0.276 e. The van der Waals surface area contributed by atoms with Crippen LogP contribution in [0, 0.1) is 11.8 Å². The lowest BCUT2D eigenvalue weighted by molar-refractivity contribution is 0.350. The molecule has 1 heterocycles. The minimum atomic E-state index is -3.39. The van der Waals surface area contributed by atoms with Gasteiger partial charge in [-0.05, 0) is 12.1 Å². The molecule has 0 saturated carbocycles. The summed E-state index contributed by atoms with van der Waals surface area (Å²) in [5.74, 6) is 5.28. The fraction of sp³-hybridized carbons (Fsp3) is 0.333. The van der Waals surface area contributed by atoms with Crippen LogP contribution in [-0.4, -0.2) is 27.2 Å². The molecular weight excluding hydrogens is 248 g/mol. The first-order valence-corrected chi connectivity index (χ1v) is 6.74. The molecule has 0 saturated heterocycles. The minimum Gasteiger partial charge on any atom is -0.384 e. The second-order valence-corrected chi connectivity index (χ2v) is 5.63. The van der Waals surface area contributed by atoms with Gasteiger partial charge in [0, 0.05) is 18.5 Å². The smallest absolute Gasteiger partial charge is 0.276 e. The van der Waals surface area contributed by atoms with E-state index < -0.39 is 10.2 Å². The van der Waals surface area contributed by atoms with Crippen LogP contribution in [-0.2, 0) is 16.8 Å². The van der Waals surface area contributed by atoms with Gasteiger partial charge in [0.1, 0.15) is 6.61 Å². The molecule has 0 amide bonds. The van der Waals surface area contributed by atoms with Gasteiger partial charge in [0.25, 0.3) is 10.2 Å². The van der Waals surface area contributed by atoms with Crippen LogP contribution < -0.4 is 9.44 Å². The van der Waals surface area contributed by atoms with E-state index in [-0.39, 0.29) is 13.2 Å². The zero-order valence-electron chi connectivity index (χ0n) is 8.65. The molecule has 0 unspecified atom stereocenters. The van der Waals surface area contributed by atoms with Crippen LogP contribution >= 0.6 is 11.3 Å². The van der Waals surface area contributed by atoms with Crippen molar-refractivity contribution >= 4 is 21.5 Å². The molecule has 7 heteroatoms. The van der Waals surface area contributed by atoms with Gasteiger partial charge in [0.2, 0.25) is 0 Å². The molecule has 1 aromatic heterocycles. The summed E-state index contributed by atoms with van der Waals surface area (Å²) < 4.78 is 26.7. The summed E-state index contributed by atoms with van der Waals surface area (Å²) in [6, 6.07) is 3.58. The second kappa shape index (κ2) is 5.98. The van der Waals surface area contributed by atoms with Crippen molar-refractivity contribution in [3.63, 3.8) is 0 Å². The van der Waals surface area contributed by atoms with Crippen LogP contribution in [0.25, 0.3) is 0 Å². The second-order valence-electron chi connectivity index (χ2n) is 2.75. The molecule has 5 nitrogen and oxygen atoms in total. The first-order chi connectivity index (χ1) is 7.57. The lowest BCUT2D eigenvalue weighted by Crippen LogP contribution is -2.33. The third-order valence-electron chi connectivity index (χ3n) is 1.66. The van der Waals surface area contributed by atoms with E-state index in [2.05, 4.69) is 21.3 Å². The predicted octanol–water partition coefficient (Wildman–Crippen LogP) is -0.354. The first kappa shape index (κ1) is 13.2. The van der Waals surface area contributed by atoms with Crippen molar-refractivity contribution in [3.05, 3.63) is 21.9 Å². The van der Waals surface area contributed by atoms with Crippen LogP contribution in [0.5, 0.6) is 0 Å². The Labute approximate surface area is 98.7 Å². The van der Waals surface area contributed by atoms with Gasteiger partial charge >= 0.3 is 0 Å². The number of hydrogen-bond acceptors (Lipinski definition) is 4. The maximum atomic E-state index is 11.1. The molecule has 1 rings (SSSR count). The fourth-order valence-electron chi connectivity index (χ4n) is 0.905. The Bertz CT molecular complexity index is 496. The normalized spacial score (nSPS) is 10.9. The van der Waals surface area contributed by atoms with Crippen LogP contribution in [0.2, 0.25) is 0 Å². The Morgan fingerprint density at radius 1 is 1.50 bits per heavy atom. The molecule has 0 atom stereocenters. The summed E-state index contributed by atoms with van der Waals surface area (Å²) in [6.45, 7) is 0.0499. The largest absolute Gasteiger partial charge is 0.384 e. The number of aliphatic hydroxyl groups is 1. The van der Waals surface area contributed by atoms with Gasteiger partial charge in [-0.1, -0.05) is 11.8 Å². The van der Waals surface area contributed by atoms with Gasteiger partial charge in [0.05, 0.1) is 4.88 Å². The van der Waals surface area contributed by atoms with Gasteiger partial charge < -0.3 is 5.11 Å². The van der Waals surface area contributed by atoms with Crippen molar-refractivity contribution in [2.24, 2.45) is 0 Å². The summed E-state index contributed by atoms with van der Waals surface area (Å²) in [7, 11) is -2.05. The van der Waals surface area contributed by atoms with Crippen LogP contribution in [0.15, 0.2) is 12.1 Å². The van der Waals surface area contributed by atoms with Crippen molar-refractivity contribution in [2.45, 2.75) is 6.54 Å². The lowest BCUT2D eigenvalue weighted by Gasteiger charge is -2.01. The molecule has 88 valence electrons. The molecule has 0 radical (unpaired) electrons. The van der Waals surface area contributed by atoms with Crippen LogP contribution in [0.4, 0.5) is 0 Å². The Morgan fingerprint density at radius 3 is 2.88 bits per heavy atom. The zero-order valence-corrected chi connectivity index (χ0v) is 10.3. The quantitative estimate of drug-likeness (QED) is 0.647. The molecule has 0 aliphatic rings. The van der Waals surface area contributed by atoms with Gasteiger partial charge in [0.15, 0.2) is 0 Å². The molecule has 0 aliphatic carbocycles. The van der Waals surface area contributed by atoms with E-state index in [1.807, 2.05) is 0 Å². The Morgan fingerprint density at radius 2 is 2.25 bits per heavy atom. The third-order valence-corrected chi connectivity index (χ3v) is 3.72. The van der Waals surface area contributed by atoms with Crippen LogP contribution in [0.3, 0.4) is 0 Å². The first-order valence-electron chi connectivity index (χ1n) is 4.44. The Balaban J connectivity index is 2.60. The van der Waals surface area contributed by atoms with Gasteiger partial charge in [-0.25, -0.2) is 4.72 Å². The summed E-state index contributed by atoms with van der Waals surface area (Å²) in [5.41, 5.74) is 0. The van der Waals surface area contributed by atoms with E-state index >= 15 is 0 Å². The van der Waals surface area contributed by atoms with Gasteiger partial charge in [-0.15, -0.1) is 11.3 Å². The van der Waals surface area contributed by atoms with E-state index in [0.717, 1.165) is 9.75 Å². The highest BCUT2D eigenvalue weighted by Gasteiger charge is 2.06. The van der Waals surface area contributed by atoms with Gasteiger partial charge in [-0.2, -0.15) is 13.1 Å². The van der Waals surface area contributed by atoms with Crippen molar-refractivity contribution in [1.29, 1.82) is 0 Å². The lowest BCUT2D eigenvalue weighted by atomic mass is 10.4. The molecule has 0 fully saturated rings. The zero-order chi connectivity index (χ0) is 12.0. The van der Waals surface area contributed by atoms with E-state index in [1.54, 1.807) is 12.1 Å². The highest BCUT2D eigenvalue weighted by atomic mass is 32.2. The summed E-state index contributed by atoms with van der Waals surface area (Å²) in [4.78, 5) is 1.66. The number of aliphatic hydroxyl groups excluding tert-OH is 1. The average Bonchev–Trinajstić information content (AvgIpc) is 2.72. The van der Waals surface area contributed by atoms with E-state index in [4.69, 9.17) is 5.11 Å². The van der Waals surface area contributed by atoms with E-state index in [9.17, 15) is 8.42 Å². The SMILES string of the molecule is CNS(=O)(=O)NCc1ccc(C#CCO)s1. The van der Waals surface area contributed by atoms with E-state index in [1.165, 1.54) is 18.4 Å². The number of hydrogen-bond donors (Lipinski definition) is 3. The van der Waals surface area contributed by atoms with Crippen molar-refractivity contribution in [2.75, 3.05) is 13.7 Å². The molecule has 3 N–H and O–H groups in total. The molecule has 0 aliphatic heterocycles. The minimum absolute atomic E-state index is 0.181. The van der Waals surface area contributed by atoms with Crippen LogP contribution in [0.1, 0.15) is 9.75 Å². The molecule has 0 bridgehead atoms. The molecule has 0 aromatic carbocycles. The topological polar surface area (TPSA) is 78.4 Å². The molecular formula is C9H12N2O3S2. The monoisotopic (exact) mass is 260 g/mol. The molecule has 0 spiro atoms. The number of rotatable bonds is 4. The van der Waals surface area contributed by atoms with Crippen molar-refractivity contribution in [1.82, 2.24) is 9.44 Å². The number of thiophene rings is 1. The summed E-state index contributed by atoms with van der Waals surface area (Å²) in [6.07, 6.45) is 0. The molecule has 16 heavy (non-hydrogen) atoms. The number of nitrogens with one attached hydrogen (secondary N) is 2. The third kappa shape index (κ3) is 4.30. The summed E-state index contributed by atoms with van der Waals surface area (Å²) in [5, 5.41) is 8.51. The standard InChI is InChI=1S/C9H12N2O3S2/c1-10-16(13,14)11-7-9-5-4-8(15-9)3-2-6-12/h4-5,10-12H,6-7H2,1H3. The predicted molar refractivity (Wildman–Crippen MR) is 63.1 cm³/mol. The highest BCUT2D eigenvalue weighted by Crippen LogP contribution is 2.15. The fourth-order valence-corrected chi connectivity index (χ4v) is 2.31. The van der Waals surface area contributed by atoms with E-state index in [0.29, 0.717) is 0 Å².